The van der Waals surface area contributed by atoms with Gasteiger partial charge in [0.2, 0.25) is 11.7 Å². The first-order valence-corrected chi connectivity index (χ1v) is 7.06. The van der Waals surface area contributed by atoms with Crippen LogP contribution in [0, 0.1) is 0 Å². The van der Waals surface area contributed by atoms with E-state index < -0.39 is 0 Å². The minimum Gasteiger partial charge on any atom is -1.00 e. The maximum absolute atomic E-state index is 11.4. The van der Waals surface area contributed by atoms with Gasteiger partial charge in [0, 0.05) is 18.1 Å². The van der Waals surface area contributed by atoms with Gasteiger partial charge >= 0.3 is 0 Å². The summed E-state index contributed by atoms with van der Waals surface area (Å²) in [5.41, 5.74) is 7.68. The lowest BCUT2D eigenvalue weighted by molar-refractivity contribution is -0.617. The van der Waals surface area contributed by atoms with E-state index in [-0.39, 0.29) is 24.4 Å². The first kappa shape index (κ1) is 17.9. The molecule has 5 N–H and O–H groups in total. The molecule has 118 valence electrons. The molecule has 1 amide bonds. The summed E-state index contributed by atoms with van der Waals surface area (Å²) in [5.74, 6) is 1.07. The second-order valence-electron chi connectivity index (χ2n) is 4.94. The minimum absolute atomic E-state index is 0. The number of aromatic nitrogens is 1. The Morgan fingerprint density at radius 2 is 1.95 bits per heavy atom. The molecule has 2 rings (SSSR count). The lowest BCUT2D eigenvalue weighted by Gasteiger charge is -2.11. The fourth-order valence-electron chi connectivity index (χ4n) is 2.04. The van der Waals surface area contributed by atoms with Gasteiger partial charge in [-0.25, -0.2) is 0 Å². The molecule has 22 heavy (non-hydrogen) atoms. The van der Waals surface area contributed by atoms with Gasteiger partial charge in [-0.1, -0.05) is 37.3 Å². The van der Waals surface area contributed by atoms with Crippen LogP contribution in [0.3, 0.4) is 0 Å². The zero-order chi connectivity index (χ0) is 15.2. The number of nitrogens with one attached hydrogen (secondary N) is 1. The maximum atomic E-state index is 11.4. The van der Waals surface area contributed by atoms with Gasteiger partial charge in [0.1, 0.15) is 6.04 Å². The van der Waals surface area contributed by atoms with Crippen LogP contribution < -0.4 is 28.8 Å². The summed E-state index contributed by atoms with van der Waals surface area (Å²) >= 11 is 0. The molecule has 1 unspecified atom stereocenters. The Kier molecular flexibility index (Phi) is 6.82. The van der Waals surface area contributed by atoms with Crippen molar-refractivity contribution in [2.24, 2.45) is 0 Å². The van der Waals surface area contributed by atoms with E-state index in [1.54, 1.807) is 13.0 Å². The van der Waals surface area contributed by atoms with Gasteiger partial charge in [0.15, 0.2) is 5.82 Å². The minimum atomic E-state index is -0.0714. The molecule has 0 spiro atoms. The smallest absolute Gasteiger partial charge is 0.226 e. The van der Waals surface area contributed by atoms with Gasteiger partial charge in [-0.15, -0.1) is 0 Å². The van der Waals surface area contributed by atoms with Gasteiger partial charge in [0.25, 0.3) is 0 Å². The summed E-state index contributed by atoms with van der Waals surface area (Å²) in [6, 6.07) is 14.1. The molecule has 0 fully saturated rings. The average molecular weight is 321 g/mol. The Labute approximate surface area is 136 Å². The summed E-state index contributed by atoms with van der Waals surface area (Å²) in [7, 11) is 0. The number of pyridine rings is 1. The number of nitrogen functional groups attached to an aromatic ring is 1. The molecule has 6 heteroatoms. The van der Waals surface area contributed by atoms with Crippen LogP contribution in [-0.2, 0) is 4.79 Å². The predicted octanol–water partition coefficient (Wildman–Crippen LogP) is -1.03. The van der Waals surface area contributed by atoms with Crippen LogP contribution in [-0.4, -0.2) is 10.9 Å². The molecule has 0 saturated heterocycles. The first-order valence-electron chi connectivity index (χ1n) is 7.06. The van der Waals surface area contributed by atoms with Crippen molar-refractivity contribution in [1.29, 1.82) is 0 Å². The number of anilines is 2. The number of carbonyl (C=O) groups is 1. The Balaban J connectivity index is 0.00000242. The lowest BCUT2D eigenvalue weighted by Crippen LogP contribution is -3.00. The summed E-state index contributed by atoms with van der Waals surface area (Å²) in [4.78, 5) is 15.7. The second kappa shape index (κ2) is 8.36. The fraction of sp³-hybridized carbons (Fsp3) is 0.250. The van der Waals surface area contributed by atoms with Crippen LogP contribution in [0.5, 0.6) is 0 Å². The van der Waals surface area contributed by atoms with Crippen molar-refractivity contribution < 1.29 is 22.5 Å². The van der Waals surface area contributed by atoms with Crippen LogP contribution in [0.15, 0.2) is 42.5 Å². The highest BCUT2D eigenvalue weighted by Crippen LogP contribution is 2.17. The van der Waals surface area contributed by atoms with Crippen molar-refractivity contribution in [2.75, 3.05) is 11.1 Å². The van der Waals surface area contributed by atoms with Crippen LogP contribution in [0.25, 0.3) is 0 Å². The highest BCUT2D eigenvalue weighted by molar-refractivity contribution is 5.93. The van der Waals surface area contributed by atoms with E-state index >= 15 is 0 Å². The predicted molar refractivity (Wildman–Crippen MR) is 84.0 cm³/mol. The number of hydrogen-bond acceptors (Lipinski definition) is 3. The molecule has 1 heterocycles. The molecule has 1 atom stereocenters. The largest absolute Gasteiger partial charge is 1.00 e. The molecule has 1 aromatic carbocycles. The third-order valence-corrected chi connectivity index (χ3v) is 3.29. The highest BCUT2D eigenvalue weighted by atomic mass is 35.5. The molecule has 5 nitrogen and oxygen atoms in total. The normalized spacial score (nSPS) is 11.4. The van der Waals surface area contributed by atoms with Crippen LogP contribution in [0.1, 0.15) is 31.9 Å². The Bertz CT molecular complexity index is 619. The van der Waals surface area contributed by atoms with Crippen molar-refractivity contribution in [3.63, 3.8) is 0 Å². The summed E-state index contributed by atoms with van der Waals surface area (Å²) < 4.78 is 0. The molecule has 0 saturated carbocycles. The van der Waals surface area contributed by atoms with E-state index in [1.165, 1.54) is 5.56 Å². The molecular weight excluding hydrogens is 300 g/mol. The summed E-state index contributed by atoms with van der Waals surface area (Å²) in [6.45, 7) is 3.91. The number of benzene rings is 1. The number of rotatable bonds is 5. The lowest BCUT2D eigenvalue weighted by atomic mass is 10.1. The number of halogens is 1. The summed E-state index contributed by atoms with van der Waals surface area (Å²) in [5, 5.41) is 4.78. The van der Waals surface area contributed by atoms with E-state index in [0.717, 1.165) is 5.82 Å². The van der Waals surface area contributed by atoms with E-state index in [4.69, 9.17) is 5.73 Å². The highest BCUT2D eigenvalue weighted by Gasteiger charge is 2.12. The van der Waals surface area contributed by atoms with Crippen molar-refractivity contribution in [2.45, 2.75) is 26.3 Å². The number of amides is 1. The topological polar surface area (TPSA) is 84.6 Å². The Hall–Kier alpha value is -2.11. The SMILES string of the molecule is CCC(=O)Nc1ccc([NH2+]C(C)c2ccccc2)nc1N.[Cl-]. The van der Waals surface area contributed by atoms with Gasteiger partial charge in [-0.3, -0.25) is 10.1 Å². The average Bonchev–Trinajstić information content (AvgIpc) is 2.50. The van der Waals surface area contributed by atoms with Crippen LogP contribution in [0.4, 0.5) is 17.3 Å². The van der Waals surface area contributed by atoms with Crippen molar-refractivity contribution >= 4 is 23.2 Å². The summed E-state index contributed by atoms with van der Waals surface area (Å²) in [6.07, 6.45) is 0.415. The molecule has 2 aromatic rings. The molecule has 0 aliphatic carbocycles. The van der Waals surface area contributed by atoms with Gasteiger partial charge in [0.05, 0.1) is 5.69 Å². The van der Waals surface area contributed by atoms with Crippen LogP contribution >= 0.6 is 0 Å². The third kappa shape index (κ3) is 4.72. The van der Waals surface area contributed by atoms with Crippen molar-refractivity contribution in [1.82, 2.24) is 4.98 Å². The zero-order valence-electron chi connectivity index (χ0n) is 12.7. The molecule has 0 aliphatic heterocycles. The van der Waals surface area contributed by atoms with Crippen molar-refractivity contribution in [3.05, 3.63) is 48.0 Å². The number of nitrogens with two attached hydrogens (primary N) is 2. The zero-order valence-corrected chi connectivity index (χ0v) is 13.5. The molecule has 1 aromatic heterocycles. The van der Waals surface area contributed by atoms with Crippen LogP contribution in [0.2, 0.25) is 0 Å². The number of nitrogens with zero attached hydrogens (tertiary/aromatic N) is 1. The van der Waals surface area contributed by atoms with Gasteiger partial charge < -0.3 is 23.5 Å². The Morgan fingerprint density at radius 1 is 1.27 bits per heavy atom. The monoisotopic (exact) mass is 320 g/mol. The van der Waals surface area contributed by atoms with Gasteiger partial charge in [-0.2, -0.15) is 4.98 Å². The van der Waals surface area contributed by atoms with Gasteiger partial charge in [-0.05, 0) is 13.0 Å². The molecule has 0 radical (unpaired) electrons. The first-order chi connectivity index (χ1) is 10.1. The second-order valence-corrected chi connectivity index (χ2v) is 4.94. The van der Waals surface area contributed by atoms with E-state index in [1.807, 2.05) is 24.3 Å². The third-order valence-electron chi connectivity index (χ3n) is 3.29. The number of quaternary nitrogens is 1. The fourth-order valence-corrected chi connectivity index (χ4v) is 2.04. The van der Waals surface area contributed by atoms with Crippen molar-refractivity contribution in [3.8, 4) is 0 Å². The van der Waals surface area contributed by atoms with E-state index in [9.17, 15) is 4.79 Å². The van der Waals surface area contributed by atoms with E-state index in [0.29, 0.717) is 17.9 Å². The molecule has 0 aliphatic rings. The maximum Gasteiger partial charge on any atom is 0.226 e. The Morgan fingerprint density at radius 3 is 2.55 bits per heavy atom. The number of hydrogen-bond donors (Lipinski definition) is 3. The van der Waals surface area contributed by atoms with E-state index in [2.05, 4.69) is 34.7 Å². The molecule has 0 bridgehead atoms. The molecular formula is C16H21ClN4O. The number of carbonyl (C=O) groups excluding carboxylic acids is 1. The standard InChI is InChI=1S/C16H20N4O.ClH/c1-3-15(21)19-13-9-10-14(20-16(13)17)18-11(2)12-7-5-4-6-8-12;/h4-11H,3H2,1-2H3,(H,19,21)(H3,17,18,20);1H. The quantitative estimate of drug-likeness (QED) is 0.659.